The van der Waals surface area contributed by atoms with Crippen LogP contribution in [0.15, 0.2) is 60.7 Å². The molecule has 0 aliphatic heterocycles. The highest BCUT2D eigenvalue weighted by Crippen LogP contribution is 2.39. The third-order valence-electron chi connectivity index (χ3n) is 4.72. The maximum Gasteiger partial charge on any atom is 0.513 e. The summed E-state index contributed by atoms with van der Waals surface area (Å²) in [5, 5.41) is 20.0. The number of hydrogen-bond donors (Lipinski definition) is 2. The highest BCUT2D eigenvalue weighted by Gasteiger charge is 2.52. The highest BCUT2D eigenvalue weighted by molar-refractivity contribution is 7.39. The maximum atomic E-state index is 12.2. The quantitative estimate of drug-likeness (QED) is 0.338. The van der Waals surface area contributed by atoms with E-state index in [0.29, 0.717) is 0 Å². The molecule has 0 radical (unpaired) electrons. The second-order valence-corrected chi connectivity index (χ2v) is 13.3. The molecule has 0 saturated heterocycles. The van der Waals surface area contributed by atoms with Gasteiger partial charge in [0, 0.05) is 0 Å². The van der Waals surface area contributed by atoms with Crippen LogP contribution in [0, 0.1) is 0 Å². The Morgan fingerprint density at radius 3 is 1.90 bits per heavy atom. The van der Waals surface area contributed by atoms with Gasteiger partial charge in [0.25, 0.3) is 8.32 Å². The molecule has 0 aromatic heterocycles. The van der Waals surface area contributed by atoms with E-state index in [4.69, 9.17) is 14.1 Å². The lowest BCUT2D eigenvalue weighted by molar-refractivity contribution is -0.138. The molecule has 0 spiro atoms. The molecule has 0 heterocycles. The molecule has 0 saturated carbocycles. The Bertz CT molecular complexity index is 767. The number of rotatable bonds is 10. The fourth-order valence-corrected chi connectivity index (χ4v) is 9.16. The molecule has 2 atom stereocenters. The minimum Gasteiger partial charge on any atom is -0.481 e. The average Bonchev–Trinajstić information content (AvgIpc) is 2.66. The molecule has 6 nitrogen and oxygen atoms in total. The number of carboxylic acids is 1. The number of aliphatic hydroxyl groups is 1. The fourth-order valence-electron chi connectivity index (χ4n) is 3.56. The Kier molecular flexibility index (Phi) is 8.25. The summed E-state index contributed by atoms with van der Waals surface area (Å²) in [5.74, 6) is -1.04. The largest absolute Gasteiger partial charge is 0.513 e. The van der Waals surface area contributed by atoms with Gasteiger partial charge in [0.05, 0.1) is 6.42 Å². The van der Waals surface area contributed by atoms with Crippen LogP contribution in [0.3, 0.4) is 0 Å². The highest BCUT2D eigenvalue weighted by atomic mass is 31.1. The van der Waals surface area contributed by atoms with Crippen LogP contribution in [-0.2, 0) is 18.3 Å². The summed E-state index contributed by atoms with van der Waals surface area (Å²) in [5.41, 5.74) is 0. The van der Waals surface area contributed by atoms with Crippen molar-refractivity contribution in [1.82, 2.24) is 0 Å². The SMILES string of the molecule is CC(C)(C)[Si](O[C@@H](CC(=O)O)C[P+](=O)OCO)(c1ccccc1)c1ccccc1. The van der Waals surface area contributed by atoms with Gasteiger partial charge in [0.15, 0.2) is 6.79 Å². The van der Waals surface area contributed by atoms with Crippen LogP contribution < -0.4 is 10.4 Å². The lowest BCUT2D eigenvalue weighted by Crippen LogP contribution is -2.68. The summed E-state index contributed by atoms with van der Waals surface area (Å²) in [6.07, 6.45) is -1.23. The second kappa shape index (κ2) is 10.2. The molecule has 0 fully saturated rings. The van der Waals surface area contributed by atoms with E-state index in [1.165, 1.54) is 0 Å². The van der Waals surface area contributed by atoms with Crippen molar-refractivity contribution < 1.29 is 28.5 Å². The maximum absolute atomic E-state index is 12.2. The topological polar surface area (TPSA) is 93.1 Å². The minimum atomic E-state index is -2.98. The number of hydrogen-bond acceptors (Lipinski definition) is 5. The molecular formula is C21H28O6PSi+. The van der Waals surface area contributed by atoms with Crippen LogP contribution in [0.25, 0.3) is 0 Å². The van der Waals surface area contributed by atoms with Gasteiger partial charge >= 0.3 is 14.0 Å². The van der Waals surface area contributed by atoms with Gasteiger partial charge in [-0.25, -0.2) is 0 Å². The first-order chi connectivity index (χ1) is 13.7. The predicted molar refractivity (Wildman–Crippen MR) is 115 cm³/mol. The summed E-state index contributed by atoms with van der Waals surface area (Å²) in [4.78, 5) is 11.5. The Morgan fingerprint density at radius 1 is 1.03 bits per heavy atom. The van der Waals surface area contributed by atoms with E-state index < -0.39 is 35.2 Å². The third kappa shape index (κ3) is 5.81. The summed E-state index contributed by atoms with van der Waals surface area (Å²) < 4.78 is 23.6. The van der Waals surface area contributed by atoms with Gasteiger partial charge in [-0.3, -0.25) is 4.79 Å². The number of carboxylic acid groups (broad SMARTS) is 1. The van der Waals surface area contributed by atoms with Crippen molar-refractivity contribution in [2.75, 3.05) is 13.0 Å². The van der Waals surface area contributed by atoms with E-state index in [-0.39, 0.29) is 17.6 Å². The Balaban J connectivity index is 2.61. The first-order valence-electron chi connectivity index (χ1n) is 9.40. The van der Waals surface area contributed by atoms with Crippen molar-refractivity contribution in [1.29, 1.82) is 0 Å². The van der Waals surface area contributed by atoms with Crippen molar-refractivity contribution in [2.24, 2.45) is 0 Å². The van der Waals surface area contributed by atoms with E-state index in [1.54, 1.807) is 0 Å². The monoisotopic (exact) mass is 435 g/mol. The molecule has 1 unspecified atom stereocenters. The summed E-state index contributed by atoms with van der Waals surface area (Å²) in [6, 6.07) is 19.6. The van der Waals surface area contributed by atoms with Gasteiger partial charge in [0.1, 0.15) is 6.10 Å². The smallest absolute Gasteiger partial charge is 0.481 e. The molecule has 29 heavy (non-hydrogen) atoms. The van der Waals surface area contributed by atoms with Crippen LogP contribution in [0.5, 0.6) is 0 Å². The second-order valence-electron chi connectivity index (χ2n) is 7.77. The lowest BCUT2D eigenvalue weighted by Gasteiger charge is -2.44. The van der Waals surface area contributed by atoms with Crippen molar-refractivity contribution >= 4 is 32.7 Å². The molecule has 0 aliphatic carbocycles. The van der Waals surface area contributed by atoms with Crippen LogP contribution in [0.4, 0.5) is 0 Å². The first-order valence-corrected chi connectivity index (χ1v) is 12.7. The molecule has 2 rings (SSSR count). The van der Waals surface area contributed by atoms with Crippen LogP contribution in [-0.4, -0.2) is 43.6 Å². The molecule has 2 aromatic carbocycles. The van der Waals surface area contributed by atoms with Crippen molar-refractivity contribution in [3.05, 3.63) is 60.7 Å². The zero-order chi connectivity index (χ0) is 21.5. The van der Waals surface area contributed by atoms with Gasteiger partial charge in [0.2, 0.25) is 6.16 Å². The van der Waals surface area contributed by atoms with Crippen molar-refractivity contribution in [3.63, 3.8) is 0 Å². The van der Waals surface area contributed by atoms with E-state index in [0.717, 1.165) is 10.4 Å². The normalized spacial score (nSPS) is 13.7. The molecule has 0 bridgehead atoms. The van der Waals surface area contributed by atoms with Gasteiger partial charge in [-0.1, -0.05) is 81.4 Å². The molecule has 0 amide bonds. The summed E-state index contributed by atoms with van der Waals surface area (Å²) >= 11 is 0. The molecular weight excluding hydrogens is 407 g/mol. The van der Waals surface area contributed by atoms with E-state index in [2.05, 4.69) is 20.8 Å². The number of aliphatic hydroxyl groups excluding tert-OH is 1. The predicted octanol–water partition coefficient (Wildman–Crippen LogP) is 3.12. The fraction of sp³-hybridized carbons (Fsp3) is 0.381. The van der Waals surface area contributed by atoms with Crippen LogP contribution >= 0.6 is 8.03 Å². The molecule has 0 aliphatic rings. The number of carbonyl (C=O) groups is 1. The van der Waals surface area contributed by atoms with Crippen molar-refractivity contribution in [3.8, 4) is 0 Å². The van der Waals surface area contributed by atoms with E-state index in [1.807, 2.05) is 60.7 Å². The Labute approximate surface area is 173 Å². The van der Waals surface area contributed by atoms with Gasteiger partial charge in [-0.2, -0.15) is 0 Å². The molecule has 2 N–H and O–H groups in total. The van der Waals surface area contributed by atoms with Gasteiger partial charge in [-0.05, 0) is 20.0 Å². The average molecular weight is 436 g/mol. The standard InChI is InChI=1S/C21H27O6PSi/c1-21(2,3)29(18-10-6-4-7-11-18,19-12-8-5-9-13-19)27-17(14-20(23)24)15-28(25)26-16-22/h4-13,17,22H,14-16H2,1-3H3/p+1/t17-/m0/s1. The first kappa shape index (κ1) is 23.4. The molecule has 156 valence electrons. The third-order valence-corrected chi connectivity index (χ3v) is 10.9. The van der Waals surface area contributed by atoms with Crippen molar-refractivity contribution in [2.45, 2.75) is 38.3 Å². The number of aliphatic carboxylic acids is 1. The van der Waals surface area contributed by atoms with Crippen LogP contribution in [0.1, 0.15) is 27.2 Å². The zero-order valence-electron chi connectivity index (χ0n) is 16.9. The van der Waals surface area contributed by atoms with E-state index in [9.17, 15) is 14.5 Å². The molecule has 8 heteroatoms. The summed E-state index contributed by atoms with van der Waals surface area (Å²) in [7, 11) is -5.22. The Hall–Kier alpha value is -1.89. The summed E-state index contributed by atoms with van der Waals surface area (Å²) in [6.45, 7) is 5.57. The van der Waals surface area contributed by atoms with E-state index >= 15 is 0 Å². The van der Waals surface area contributed by atoms with Crippen LogP contribution in [0.2, 0.25) is 5.04 Å². The van der Waals surface area contributed by atoms with Gasteiger partial charge < -0.3 is 14.6 Å². The lowest BCUT2D eigenvalue weighted by atomic mass is 10.2. The minimum absolute atomic E-state index is 0.104. The zero-order valence-corrected chi connectivity index (χ0v) is 18.8. The molecule has 2 aromatic rings. The van der Waals surface area contributed by atoms with Gasteiger partial charge in [-0.15, -0.1) is 4.52 Å². The number of benzene rings is 2. The Morgan fingerprint density at radius 2 is 1.52 bits per heavy atom.